The van der Waals surface area contributed by atoms with Gasteiger partial charge in [-0.25, -0.2) is 5.57 Å². The molecule has 0 spiro atoms. The Labute approximate surface area is 354 Å². The minimum absolute atomic E-state index is 0. The molecule has 54 heavy (non-hydrogen) atoms. The van der Waals surface area contributed by atoms with Crippen molar-refractivity contribution < 1.29 is 26.2 Å². The van der Waals surface area contributed by atoms with E-state index in [-0.39, 0.29) is 35.7 Å². The molecule has 0 aliphatic heterocycles. The Bertz CT molecular complexity index is 1380. The Balaban J connectivity index is 0.000000369. The minimum Gasteiger partial charge on any atom is -0.677 e. The molecule has 1 aliphatic rings. The smallest absolute Gasteiger partial charge is 0.677 e. The van der Waals surface area contributed by atoms with E-state index in [0.29, 0.717) is 12.5 Å². The molecule has 0 heterocycles. The molecule has 4 aromatic rings. The van der Waals surface area contributed by atoms with Gasteiger partial charge < -0.3 is 5.73 Å². The number of hydrogen-bond acceptors (Lipinski definition) is 0. The quantitative estimate of drug-likeness (QED) is 0.0511. The van der Waals surface area contributed by atoms with Gasteiger partial charge in [-0.05, 0) is 11.1 Å². The summed E-state index contributed by atoms with van der Waals surface area (Å²) in [6, 6.07) is 42.1. The first-order valence-corrected chi connectivity index (χ1v) is 22.1. The molecule has 0 amide bonds. The van der Waals surface area contributed by atoms with Crippen LogP contribution in [0.25, 0.3) is 16.9 Å². The van der Waals surface area contributed by atoms with Gasteiger partial charge in [-0.15, -0.1) is 6.92 Å². The Morgan fingerprint density at radius 1 is 0.481 bits per heavy atom. The number of nitrogens with one attached hydrogen (secondary N) is 1. The van der Waals surface area contributed by atoms with Crippen LogP contribution in [0, 0.1) is 12.0 Å². The molecular weight excluding hydrogens is 746 g/mol. The summed E-state index contributed by atoms with van der Waals surface area (Å²) in [5.74, 6) is 0.560. The SMILES string of the molecule is CC1=[C-]C(C)C(C)=C1C.CCCCCCCCCCCCCCCCCC[NH-].[Zr+2].c1ccc(-c2ccccc2)cc1.c1ccc([SiH]c2ccccc2)cc1. The first kappa shape index (κ1) is 49.4. The molecule has 1 unspecified atom stereocenters. The average Bonchev–Trinajstić information content (AvgIpc) is 3.43. The summed E-state index contributed by atoms with van der Waals surface area (Å²) in [6.45, 7) is 11.6. The molecule has 3 heteroatoms. The molecule has 1 aliphatic carbocycles. The first-order chi connectivity index (χ1) is 26.0. The molecule has 0 aromatic heterocycles. The third-order valence-electron chi connectivity index (χ3n) is 10.1. The fraction of sp³-hybridized carbons (Fsp3) is 0.451. The fourth-order valence-corrected chi connectivity index (χ4v) is 7.60. The fourth-order valence-electron chi connectivity index (χ4n) is 6.39. The maximum Gasteiger partial charge on any atom is 2.00 e. The van der Waals surface area contributed by atoms with E-state index in [1.165, 1.54) is 135 Å². The molecule has 5 rings (SSSR count). The maximum absolute atomic E-state index is 7.08. The molecule has 1 atom stereocenters. The average molecular weight is 818 g/mol. The summed E-state index contributed by atoms with van der Waals surface area (Å²) >= 11 is 0. The van der Waals surface area contributed by atoms with Crippen LogP contribution in [0.5, 0.6) is 0 Å². The van der Waals surface area contributed by atoms with Gasteiger partial charge in [-0.2, -0.15) is 17.7 Å². The number of allylic oxidation sites excluding steroid dienone is 4. The third kappa shape index (κ3) is 24.0. The van der Waals surface area contributed by atoms with E-state index >= 15 is 0 Å². The summed E-state index contributed by atoms with van der Waals surface area (Å²) in [7, 11) is 0.271. The van der Waals surface area contributed by atoms with Crippen molar-refractivity contribution >= 4 is 19.9 Å². The summed E-state index contributed by atoms with van der Waals surface area (Å²) in [5.41, 5.74) is 13.9. The Morgan fingerprint density at radius 3 is 1.06 bits per heavy atom. The number of benzene rings is 4. The predicted molar refractivity (Wildman–Crippen MR) is 240 cm³/mol. The number of unbranched alkanes of at least 4 members (excludes halogenated alkanes) is 15. The molecule has 1 N–H and O–H groups in total. The van der Waals surface area contributed by atoms with E-state index in [1.54, 1.807) is 0 Å². The summed E-state index contributed by atoms with van der Waals surface area (Å²) in [6.07, 6.45) is 25.9. The van der Waals surface area contributed by atoms with E-state index in [2.05, 4.69) is 150 Å². The van der Waals surface area contributed by atoms with Crippen molar-refractivity contribution in [2.75, 3.05) is 6.54 Å². The van der Waals surface area contributed by atoms with E-state index < -0.39 is 0 Å². The minimum atomic E-state index is 0. The zero-order valence-electron chi connectivity index (χ0n) is 34.7. The van der Waals surface area contributed by atoms with Crippen LogP contribution in [0.1, 0.15) is 137 Å². The Hall–Kier alpha value is -2.58. The van der Waals surface area contributed by atoms with Crippen LogP contribution in [-0.4, -0.2) is 16.1 Å². The van der Waals surface area contributed by atoms with Crippen LogP contribution in [0.4, 0.5) is 0 Å². The summed E-state index contributed by atoms with van der Waals surface area (Å²) in [5, 5.41) is 2.90. The van der Waals surface area contributed by atoms with Crippen LogP contribution in [0.15, 0.2) is 138 Å². The van der Waals surface area contributed by atoms with Gasteiger partial charge in [0.2, 0.25) is 0 Å². The van der Waals surface area contributed by atoms with Crippen molar-refractivity contribution in [3.8, 4) is 11.1 Å². The van der Waals surface area contributed by atoms with Gasteiger partial charge >= 0.3 is 26.2 Å². The van der Waals surface area contributed by atoms with E-state index in [9.17, 15) is 0 Å². The second kappa shape index (κ2) is 33.7. The second-order valence-electron chi connectivity index (χ2n) is 14.6. The van der Waals surface area contributed by atoms with Gasteiger partial charge in [0.15, 0.2) is 0 Å². The van der Waals surface area contributed by atoms with Gasteiger partial charge in [0.25, 0.3) is 0 Å². The largest absolute Gasteiger partial charge is 2.00 e. The van der Waals surface area contributed by atoms with Crippen LogP contribution in [-0.2, 0) is 26.2 Å². The molecule has 0 bridgehead atoms. The van der Waals surface area contributed by atoms with E-state index in [1.807, 2.05) is 12.1 Å². The van der Waals surface area contributed by atoms with E-state index in [4.69, 9.17) is 5.73 Å². The van der Waals surface area contributed by atoms with Crippen LogP contribution >= 0.6 is 0 Å². The first-order valence-electron chi connectivity index (χ1n) is 20.9. The summed E-state index contributed by atoms with van der Waals surface area (Å²) in [4.78, 5) is 0. The molecule has 0 saturated heterocycles. The van der Waals surface area contributed by atoms with Crippen molar-refractivity contribution in [2.24, 2.45) is 5.92 Å². The normalized spacial score (nSPS) is 12.9. The zero-order valence-corrected chi connectivity index (χ0v) is 38.3. The van der Waals surface area contributed by atoms with Crippen molar-refractivity contribution in [1.82, 2.24) is 0 Å². The zero-order chi connectivity index (χ0) is 38.2. The molecule has 1 radical (unpaired) electrons. The molecule has 289 valence electrons. The molecule has 1 nitrogen and oxygen atoms in total. The maximum atomic E-state index is 7.08. The Kier molecular flexibility index (Phi) is 30.9. The molecular formula is C51H72NSiZr. The van der Waals surface area contributed by atoms with Crippen molar-refractivity contribution in [3.05, 3.63) is 150 Å². The monoisotopic (exact) mass is 816 g/mol. The van der Waals surface area contributed by atoms with Crippen molar-refractivity contribution in [2.45, 2.75) is 137 Å². The van der Waals surface area contributed by atoms with Crippen LogP contribution in [0.3, 0.4) is 0 Å². The van der Waals surface area contributed by atoms with Crippen molar-refractivity contribution in [3.63, 3.8) is 0 Å². The topological polar surface area (TPSA) is 23.8 Å². The van der Waals surface area contributed by atoms with Crippen LogP contribution in [0.2, 0.25) is 0 Å². The van der Waals surface area contributed by atoms with Gasteiger partial charge in [0, 0.05) is 0 Å². The molecule has 0 fully saturated rings. The van der Waals surface area contributed by atoms with Gasteiger partial charge in [0.05, 0.1) is 0 Å². The van der Waals surface area contributed by atoms with Crippen LogP contribution < -0.4 is 10.4 Å². The van der Waals surface area contributed by atoms with Crippen molar-refractivity contribution in [1.29, 1.82) is 0 Å². The Morgan fingerprint density at radius 2 is 0.796 bits per heavy atom. The van der Waals surface area contributed by atoms with Gasteiger partial charge in [0.1, 0.15) is 9.52 Å². The van der Waals surface area contributed by atoms with Gasteiger partial charge in [-0.3, -0.25) is 6.08 Å². The molecule has 4 aromatic carbocycles. The number of rotatable bonds is 19. The van der Waals surface area contributed by atoms with Gasteiger partial charge in [-0.1, -0.05) is 268 Å². The summed E-state index contributed by atoms with van der Waals surface area (Å²) < 4.78 is 0. The van der Waals surface area contributed by atoms with E-state index in [0.717, 1.165) is 6.42 Å². The molecule has 0 saturated carbocycles. The second-order valence-corrected chi connectivity index (χ2v) is 16.2. The predicted octanol–water partition coefficient (Wildman–Crippen LogP) is 14.4. The standard InChI is InChI=1S/C18H38N.C12H11Si.C12H10.C9H13.Zr/c1-2-3-4-5-6-7-8-9-10-11-12-13-14-15-16-17-18-19;1-3-7-11(8-4-1)13-12-9-5-2-6-10-12;1-3-7-11(8-4-1)12-9-5-2-6-10-12;1-6-5-7(2)9(4)8(6)3;/h19H,2-18H2,1H3;1-10,13H;1-10H;6H,1-4H3;/q-1;;;-1;+2. The number of hydrogen-bond donors (Lipinski definition) is 0. The third-order valence-corrected chi connectivity index (χ3v) is 11.5.